The normalized spacial score (nSPS) is 10.3. The molecule has 7 nitrogen and oxygen atoms in total. The number of carbonyl (C=O) groups excluding carboxylic acids is 4. The summed E-state index contributed by atoms with van der Waals surface area (Å²) in [5.74, 6) is -1.97. The van der Waals surface area contributed by atoms with Crippen LogP contribution in [0.3, 0.4) is 0 Å². The molecule has 1 rings (SSSR count). The molecule has 0 atom stereocenters. The zero-order chi connectivity index (χ0) is 18.7. The standard InChI is InChI=1S/C18H21NO6/c1-3-5-16(21)19-14-8-6-13(7-9-14)15(20)12-25-18(23)11-10-17(22)24-4-2/h6-11H,3-5,12H2,1-2H3,(H,19,21)/b11-10+. The fourth-order valence-corrected chi connectivity index (χ4v) is 1.78. The molecule has 1 aromatic carbocycles. The number of amides is 1. The van der Waals surface area contributed by atoms with Gasteiger partial charge in [-0.1, -0.05) is 6.92 Å². The average molecular weight is 347 g/mol. The van der Waals surface area contributed by atoms with E-state index in [1.807, 2.05) is 6.92 Å². The third-order valence-electron chi connectivity index (χ3n) is 2.96. The van der Waals surface area contributed by atoms with Gasteiger partial charge in [0.2, 0.25) is 5.91 Å². The number of Topliss-reactive ketones (excluding diaryl/α,β-unsaturated/α-hetero) is 1. The van der Waals surface area contributed by atoms with Crippen LogP contribution in [0.4, 0.5) is 5.69 Å². The predicted molar refractivity (Wildman–Crippen MR) is 91.0 cm³/mol. The van der Waals surface area contributed by atoms with E-state index in [0.29, 0.717) is 17.7 Å². The van der Waals surface area contributed by atoms with Crippen LogP contribution in [-0.2, 0) is 23.9 Å². The molecule has 0 aliphatic carbocycles. The fourth-order valence-electron chi connectivity index (χ4n) is 1.78. The van der Waals surface area contributed by atoms with Gasteiger partial charge >= 0.3 is 11.9 Å². The minimum atomic E-state index is -0.815. The van der Waals surface area contributed by atoms with Gasteiger partial charge in [-0.2, -0.15) is 0 Å². The summed E-state index contributed by atoms with van der Waals surface area (Å²) in [4.78, 5) is 45.9. The summed E-state index contributed by atoms with van der Waals surface area (Å²) in [5.41, 5.74) is 0.931. The van der Waals surface area contributed by atoms with E-state index in [-0.39, 0.29) is 12.5 Å². The van der Waals surface area contributed by atoms with Crippen LogP contribution in [0.5, 0.6) is 0 Å². The van der Waals surface area contributed by atoms with Crippen molar-refractivity contribution < 1.29 is 28.7 Å². The number of esters is 2. The molecule has 1 aromatic rings. The Labute approximate surface area is 146 Å². The highest BCUT2D eigenvalue weighted by atomic mass is 16.5. The van der Waals surface area contributed by atoms with Gasteiger partial charge in [0.1, 0.15) is 0 Å². The summed E-state index contributed by atoms with van der Waals surface area (Å²) in [5, 5.41) is 2.71. The molecule has 0 radical (unpaired) electrons. The Morgan fingerprint density at radius 2 is 1.56 bits per heavy atom. The van der Waals surface area contributed by atoms with Crippen LogP contribution < -0.4 is 5.32 Å². The minimum absolute atomic E-state index is 0.0936. The average Bonchev–Trinajstić information content (AvgIpc) is 2.59. The maximum atomic E-state index is 11.9. The molecule has 1 N–H and O–H groups in total. The number of benzene rings is 1. The first-order valence-corrected chi connectivity index (χ1v) is 7.91. The molecule has 7 heteroatoms. The van der Waals surface area contributed by atoms with Crippen molar-refractivity contribution in [1.82, 2.24) is 0 Å². The van der Waals surface area contributed by atoms with E-state index in [9.17, 15) is 19.2 Å². The van der Waals surface area contributed by atoms with Crippen molar-refractivity contribution in [3.63, 3.8) is 0 Å². The molecule has 0 heterocycles. The number of ketones is 1. The van der Waals surface area contributed by atoms with E-state index < -0.39 is 24.3 Å². The largest absolute Gasteiger partial charge is 0.463 e. The summed E-state index contributed by atoms with van der Waals surface area (Å²) < 4.78 is 9.37. The Morgan fingerprint density at radius 1 is 0.960 bits per heavy atom. The smallest absolute Gasteiger partial charge is 0.331 e. The van der Waals surface area contributed by atoms with Crippen LogP contribution in [0.15, 0.2) is 36.4 Å². The minimum Gasteiger partial charge on any atom is -0.463 e. The van der Waals surface area contributed by atoms with Gasteiger partial charge in [-0.25, -0.2) is 9.59 Å². The second kappa shape index (κ2) is 10.7. The molecular weight excluding hydrogens is 326 g/mol. The molecule has 1 amide bonds. The summed E-state index contributed by atoms with van der Waals surface area (Å²) >= 11 is 0. The Bertz CT molecular complexity index is 648. The van der Waals surface area contributed by atoms with Crippen LogP contribution in [0.25, 0.3) is 0 Å². The van der Waals surface area contributed by atoms with E-state index in [2.05, 4.69) is 10.1 Å². The summed E-state index contributed by atoms with van der Waals surface area (Å²) in [6, 6.07) is 6.27. The van der Waals surface area contributed by atoms with Crippen molar-refractivity contribution in [3.8, 4) is 0 Å². The highest BCUT2D eigenvalue weighted by molar-refractivity contribution is 5.99. The topological polar surface area (TPSA) is 98.8 Å². The number of nitrogens with one attached hydrogen (secondary N) is 1. The van der Waals surface area contributed by atoms with Crippen molar-refractivity contribution in [2.24, 2.45) is 0 Å². The first-order valence-electron chi connectivity index (χ1n) is 7.91. The van der Waals surface area contributed by atoms with E-state index in [1.165, 1.54) is 12.1 Å². The number of ether oxygens (including phenoxy) is 2. The van der Waals surface area contributed by atoms with Crippen LogP contribution in [-0.4, -0.2) is 36.8 Å². The van der Waals surface area contributed by atoms with Gasteiger partial charge < -0.3 is 14.8 Å². The second-order valence-corrected chi connectivity index (χ2v) is 4.99. The number of hydrogen-bond acceptors (Lipinski definition) is 6. The van der Waals surface area contributed by atoms with Crippen molar-refractivity contribution in [2.75, 3.05) is 18.5 Å². The predicted octanol–water partition coefficient (Wildman–Crippen LogP) is 2.27. The quantitative estimate of drug-likeness (QED) is 0.418. The Hall–Kier alpha value is -2.96. The van der Waals surface area contributed by atoms with Gasteiger partial charge in [-0.05, 0) is 37.6 Å². The summed E-state index contributed by atoms with van der Waals surface area (Å²) in [6.07, 6.45) is 3.01. The molecule has 0 aliphatic heterocycles. The van der Waals surface area contributed by atoms with Crippen molar-refractivity contribution >= 4 is 29.3 Å². The van der Waals surface area contributed by atoms with Crippen LogP contribution in [0, 0.1) is 0 Å². The van der Waals surface area contributed by atoms with E-state index in [4.69, 9.17) is 4.74 Å². The maximum absolute atomic E-state index is 11.9. The van der Waals surface area contributed by atoms with Crippen LogP contribution >= 0.6 is 0 Å². The van der Waals surface area contributed by atoms with E-state index in [0.717, 1.165) is 18.6 Å². The SMILES string of the molecule is CCCC(=O)Nc1ccc(C(=O)COC(=O)/C=C/C(=O)OCC)cc1. The zero-order valence-electron chi connectivity index (χ0n) is 14.2. The number of carbonyl (C=O) groups is 4. The lowest BCUT2D eigenvalue weighted by Gasteiger charge is -2.06. The zero-order valence-corrected chi connectivity index (χ0v) is 14.2. The molecule has 0 saturated carbocycles. The lowest BCUT2D eigenvalue weighted by atomic mass is 10.1. The van der Waals surface area contributed by atoms with Crippen molar-refractivity contribution in [1.29, 1.82) is 0 Å². The van der Waals surface area contributed by atoms with Gasteiger partial charge in [-0.3, -0.25) is 9.59 Å². The van der Waals surface area contributed by atoms with Gasteiger partial charge in [0.15, 0.2) is 12.4 Å². The summed E-state index contributed by atoms with van der Waals surface area (Å²) in [6.45, 7) is 3.30. The first-order chi connectivity index (χ1) is 12.0. The van der Waals surface area contributed by atoms with Gasteiger partial charge in [0, 0.05) is 29.8 Å². The first kappa shape index (κ1) is 20.1. The van der Waals surface area contributed by atoms with Crippen LogP contribution in [0.1, 0.15) is 37.0 Å². The highest BCUT2D eigenvalue weighted by Crippen LogP contribution is 2.11. The highest BCUT2D eigenvalue weighted by Gasteiger charge is 2.09. The van der Waals surface area contributed by atoms with Gasteiger partial charge in [-0.15, -0.1) is 0 Å². The molecule has 134 valence electrons. The molecule has 0 spiro atoms. The maximum Gasteiger partial charge on any atom is 0.331 e. The van der Waals surface area contributed by atoms with Crippen LogP contribution in [0.2, 0.25) is 0 Å². The van der Waals surface area contributed by atoms with E-state index >= 15 is 0 Å². The molecular formula is C18H21NO6. The Morgan fingerprint density at radius 3 is 2.12 bits per heavy atom. The number of anilines is 1. The lowest BCUT2D eigenvalue weighted by molar-refractivity contribution is -0.139. The molecule has 0 bridgehead atoms. The molecule has 0 aromatic heterocycles. The monoisotopic (exact) mass is 347 g/mol. The van der Waals surface area contributed by atoms with Gasteiger partial charge in [0.05, 0.1) is 6.61 Å². The molecule has 0 unspecified atom stereocenters. The molecule has 0 aliphatic rings. The lowest BCUT2D eigenvalue weighted by Crippen LogP contribution is -2.14. The second-order valence-electron chi connectivity index (χ2n) is 4.99. The number of hydrogen-bond donors (Lipinski definition) is 1. The molecule has 0 saturated heterocycles. The third-order valence-corrected chi connectivity index (χ3v) is 2.96. The van der Waals surface area contributed by atoms with Crippen molar-refractivity contribution in [3.05, 3.63) is 42.0 Å². The number of rotatable bonds is 9. The van der Waals surface area contributed by atoms with E-state index in [1.54, 1.807) is 19.1 Å². The fraction of sp³-hybridized carbons (Fsp3) is 0.333. The Kier molecular flexibility index (Phi) is 8.63. The van der Waals surface area contributed by atoms with Gasteiger partial charge in [0.25, 0.3) is 0 Å². The van der Waals surface area contributed by atoms with Crippen molar-refractivity contribution in [2.45, 2.75) is 26.7 Å². The third kappa shape index (κ3) is 7.92. The molecule has 0 fully saturated rings. The Balaban J connectivity index is 2.48. The molecule has 25 heavy (non-hydrogen) atoms. The summed E-state index contributed by atoms with van der Waals surface area (Å²) in [7, 11) is 0.